The Morgan fingerprint density at radius 3 is 2.65 bits per heavy atom. The number of ketones is 1. The van der Waals surface area contributed by atoms with Crippen LogP contribution in [0.5, 0.6) is 0 Å². The number of nitrogens with zero attached hydrogens (tertiary/aromatic N) is 1. The van der Waals surface area contributed by atoms with Gasteiger partial charge in [0.25, 0.3) is 0 Å². The molecule has 0 aromatic heterocycles. The largest absolute Gasteiger partial charge is 0.511 e. The Labute approximate surface area is 118 Å². The van der Waals surface area contributed by atoms with Gasteiger partial charge in [0.15, 0.2) is 5.78 Å². The summed E-state index contributed by atoms with van der Waals surface area (Å²) in [5, 5.41) is 18.7. The lowest BCUT2D eigenvalue weighted by Gasteiger charge is -2.22. The minimum atomic E-state index is -0.0737. The molecule has 4 nitrogen and oxygen atoms in total. The number of aliphatic hydroxyl groups is 2. The highest BCUT2D eigenvalue weighted by atomic mass is 16.3. The third kappa shape index (κ3) is 3.54. The molecular weight excluding hydrogens is 254 g/mol. The summed E-state index contributed by atoms with van der Waals surface area (Å²) in [5.41, 5.74) is 1.39. The lowest BCUT2D eigenvalue weighted by atomic mass is 9.83. The van der Waals surface area contributed by atoms with E-state index in [4.69, 9.17) is 5.11 Å². The standard InChI is InChI=1S/C16H19NO3/c18-8-4-7-17-11-14-15(19)9-13(10-16(14)20)12-5-2-1-3-6-12/h1-3,5-6,11,13,18-19H,4,7-10H2. The summed E-state index contributed by atoms with van der Waals surface area (Å²) in [4.78, 5) is 16.2. The van der Waals surface area contributed by atoms with Gasteiger partial charge in [0, 0.05) is 32.2 Å². The van der Waals surface area contributed by atoms with Crippen LogP contribution in [0.3, 0.4) is 0 Å². The van der Waals surface area contributed by atoms with Gasteiger partial charge in [-0.2, -0.15) is 0 Å². The maximum absolute atomic E-state index is 12.1. The number of hydrogen-bond acceptors (Lipinski definition) is 4. The van der Waals surface area contributed by atoms with Crippen molar-refractivity contribution in [3.63, 3.8) is 0 Å². The van der Waals surface area contributed by atoms with Crippen LogP contribution in [0.15, 0.2) is 46.7 Å². The fourth-order valence-corrected chi connectivity index (χ4v) is 2.34. The first-order chi connectivity index (χ1) is 9.72. The van der Waals surface area contributed by atoms with Crippen LogP contribution >= 0.6 is 0 Å². The van der Waals surface area contributed by atoms with Crippen LogP contribution < -0.4 is 0 Å². The van der Waals surface area contributed by atoms with E-state index in [-0.39, 0.29) is 24.1 Å². The molecule has 2 N–H and O–H groups in total. The van der Waals surface area contributed by atoms with Gasteiger partial charge in [0.1, 0.15) is 5.76 Å². The molecule has 0 radical (unpaired) electrons. The molecule has 0 aliphatic heterocycles. The quantitative estimate of drug-likeness (QED) is 0.639. The highest BCUT2D eigenvalue weighted by Crippen LogP contribution is 2.32. The minimum absolute atomic E-state index is 0.0401. The highest BCUT2D eigenvalue weighted by Gasteiger charge is 2.27. The zero-order valence-corrected chi connectivity index (χ0v) is 11.3. The van der Waals surface area contributed by atoms with Crippen LogP contribution in [0.2, 0.25) is 0 Å². The van der Waals surface area contributed by atoms with Crippen LogP contribution in [0.4, 0.5) is 0 Å². The molecule has 1 aromatic carbocycles. The smallest absolute Gasteiger partial charge is 0.168 e. The van der Waals surface area contributed by atoms with Crippen molar-refractivity contribution >= 4 is 12.0 Å². The molecule has 4 heteroatoms. The average molecular weight is 273 g/mol. The van der Waals surface area contributed by atoms with Crippen molar-refractivity contribution in [3.05, 3.63) is 47.2 Å². The van der Waals surface area contributed by atoms with Crippen molar-refractivity contribution in [2.24, 2.45) is 4.99 Å². The summed E-state index contributed by atoms with van der Waals surface area (Å²) in [5.74, 6) is 0.0801. The summed E-state index contributed by atoms with van der Waals surface area (Å²) in [6.45, 7) is 0.537. The first-order valence-electron chi connectivity index (χ1n) is 6.83. The second kappa shape index (κ2) is 7.01. The van der Waals surface area contributed by atoms with E-state index < -0.39 is 0 Å². The molecule has 2 rings (SSSR count). The monoisotopic (exact) mass is 273 g/mol. The molecule has 0 bridgehead atoms. The van der Waals surface area contributed by atoms with Crippen LogP contribution in [-0.2, 0) is 4.79 Å². The molecule has 1 aliphatic carbocycles. The molecule has 0 heterocycles. The first kappa shape index (κ1) is 14.5. The molecular formula is C16H19NO3. The van der Waals surface area contributed by atoms with E-state index in [0.717, 1.165) is 5.56 Å². The van der Waals surface area contributed by atoms with Crippen LogP contribution in [-0.4, -0.2) is 35.4 Å². The Kier molecular flexibility index (Phi) is 5.07. The van der Waals surface area contributed by atoms with Gasteiger partial charge in [-0.3, -0.25) is 9.79 Å². The molecule has 0 fully saturated rings. The molecule has 1 aromatic rings. The summed E-state index contributed by atoms with van der Waals surface area (Å²) in [6.07, 6.45) is 2.87. The number of carbonyl (C=O) groups excluding carboxylic acids is 1. The van der Waals surface area contributed by atoms with E-state index in [9.17, 15) is 9.90 Å². The number of aliphatic imine (C=N–C) groups is 1. The molecule has 0 saturated carbocycles. The van der Waals surface area contributed by atoms with Gasteiger partial charge in [-0.25, -0.2) is 0 Å². The van der Waals surface area contributed by atoms with E-state index in [0.29, 0.717) is 31.4 Å². The van der Waals surface area contributed by atoms with Crippen LogP contribution in [0.25, 0.3) is 0 Å². The number of benzene rings is 1. The van der Waals surface area contributed by atoms with Gasteiger partial charge in [-0.15, -0.1) is 0 Å². The number of carbonyl (C=O) groups is 1. The maximum Gasteiger partial charge on any atom is 0.168 e. The topological polar surface area (TPSA) is 69.9 Å². The summed E-state index contributed by atoms with van der Waals surface area (Å²) in [7, 11) is 0. The first-order valence-corrected chi connectivity index (χ1v) is 6.83. The van der Waals surface area contributed by atoms with E-state index in [1.165, 1.54) is 6.21 Å². The second-order valence-corrected chi connectivity index (χ2v) is 4.91. The van der Waals surface area contributed by atoms with Crippen molar-refractivity contribution in [1.82, 2.24) is 0 Å². The van der Waals surface area contributed by atoms with E-state index >= 15 is 0 Å². The molecule has 0 saturated heterocycles. The van der Waals surface area contributed by atoms with E-state index in [1.807, 2.05) is 30.3 Å². The molecule has 0 spiro atoms. The Morgan fingerprint density at radius 1 is 1.25 bits per heavy atom. The molecule has 20 heavy (non-hydrogen) atoms. The van der Waals surface area contributed by atoms with Gasteiger partial charge in [0.2, 0.25) is 0 Å². The lowest BCUT2D eigenvalue weighted by molar-refractivity contribution is -0.116. The summed E-state index contributed by atoms with van der Waals surface area (Å²) >= 11 is 0. The third-order valence-electron chi connectivity index (χ3n) is 3.42. The normalized spacial score (nSPS) is 19.9. The van der Waals surface area contributed by atoms with Gasteiger partial charge >= 0.3 is 0 Å². The molecule has 1 aliphatic rings. The zero-order chi connectivity index (χ0) is 14.4. The molecule has 106 valence electrons. The predicted octanol–water partition coefficient (Wildman–Crippen LogP) is 2.40. The Balaban J connectivity index is 2.09. The van der Waals surface area contributed by atoms with Crippen LogP contribution in [0, 0.1) is 0 Å². The number of rotatable bonds is 5. The number of aliphatic hydroxyl groups excluding tert-OH is 2. The highest BCUT2D eigenvalue weighted by molar-refractivity contribution is 6.14. The number of Topliss-reactive ketones (excluding diaryl/α,β-unsaturated/α-hetero) is 1. The van der Waals surface area contributed by atoms with Gasteiger partial charge in [-0.05, 0) is 17.9 Å². The molecule has 1 unspecified atom stereocenters. The summed E-state index contributed by atoms with van der Waals surface area (Å²) in [6, 6.07) is 9.76. The zero-order valence-electron chi connectivity index (χ0n) is 11.3. The fraction of sp³-hybridized carbons (Fsp3) is 0.375. The van der Waals surface area contributed by atoms with Crippen molar-refractivity contribution in [3.8, 4) is 0 Å². The molecule has 0 amide bonds. The van der Waals surface area contributed by atoms with Gasteiger partial charge < -0.3 is 10.2 Å². The summed E-state index contributed by atoms with van der Waals surface area (Å²) < 4.78 is 0. The third-order valence-corrected chi connectivity index (χ3v) is 3.42. The lowest BCUT2D eigenvalue weighted by Crippen LogP contribution is -2.19. The van der Waals surface area contributed by atoms with Crippen molar-refractivity contribution in [2.75, 3.05) is 13.2 Å². The van der Waals surface area contributed by atoms with Crippen molar-refractivity contribution in [2.45, 2.75) is 25.2 Å². The maximum atomic E-state index is 12.1. The van der Waals surface area contributed by atoms with Gasteiger partial charge in [0.05, 0.1) is 5.57 Å². The van der Waals surface area contributed by atoms with E-state index in [2.05, 4.69) is 4.99 Å². The SMILES string of the molecule is O=C1CC(c2ccccc2)CC(O)=C1C=NCCCO. The average Bonchev–Trinajstić information content (AvgIpc) is 2.46. The minimum Gasteiger partial charge on any atom is -0.511 e. The second-order valence-electron chi connectivity index (χ2n) is 4.91. The van der Waals surface area contributed by atoms with Crippen molar-refractivity contribution in [1.29, 1.82) is 0 Å². The Hall–Kier alpha value is -1.94. The predicted molar refractivity (Wildman–Crippen MR) is 78.1 cm³/mol. The Bertz CT molecular complexity index is 520. The molecule has 1 atom stereocenters. The fourth-order valence-electron chi connectivity index (χ4n) is 2.34. The Morgan fingerprint density at radius 2 is 2.00 bits per heavy atom. The van der Waals surface area contributed by atoms with Crippen molar-refractivity contribution < 1.29 is 15.0 Å². The number of allylic oxidation sites excluding steroid dienone is 2. The van der Waals surface area contributed by atoms with Gasteiger partial charge in [-0.1, -0.05) is 30.3 Å². The number of hydrogen-bond donors (Lipinski definition) is 2. The van der Waals surface area contributed by atoms with E-state index in [1.54, 1.807) is 0 Å². The van der Waals surface area contributed by atoms with Crippen LogP contribution in [0.1, 0.15) is 30.7 Å².